The van der Waals surface area contributed by atoms with Crippen molar-refractivity contribution in [3.63, 3.8) is 0 Å². The fourth-order valence-electron chi connectivity index (χ4n) is 3.68. The maximum Gasteiger partial charge on any atom is 0.154 e. The van der Waals surface area contributed by atoms with Crippen LogP contribution in [0.4, 0.5) is 5.69 Å². The molecule has 5 aromatic rings. The zero-order chi connectivity index (χ0) is 23.9. The van der Waals surface area contributed by atoms with E-state index in [0.717, 1.165) is 33.8 Å². The highest BCUT2D eigenvalue weighted by Crippen LogP contribution is 2.22. The quantitative estimate of drug-likeness (QED) is 0.179. The van der Waals surface area contributed by atoms with E-state index >= 15 is 0 Å². The summed E-state index contributed by atoms with van der Waals surface area (Å²) >= 11 is 0. The zero-order valence-electron chi connectivity index (χ0n) is 19.4. The van der Waals surface area contributed by atoms with Crippen LogP contribution in [-0.2, 0) is 0 Å². The van der Waals surface area contributed by atoms with Crippen LogP contribution in [0.2, 0.25) is 0 Å². The average Bonchev–Trinajstić information content (AvgIpc) is 3.35. The van der Waals surface area contributed by atoms with E-state index < -0.39 is 0 Å². The van der Waals surface area contributed by atoms with E-state index in [-0.39, 0.29) is 0 Å². The van der Waals surface area contributed by atoms with Gasteiger partial charge in [0.05, 0.1) is 17.6 Å². The topological polar surface area (TPSA) is 54.6 Å². The van der Waals surface area contributed by atoms with Crippen LogP contribution >= 0.6 is 0 Å². The first-order chi connectivity index (χ1) is 17.3. The van der Waals surface area contributed by atoms with Gasteiger partial charge in [-0.05, 0) is 31.2 Å². The largest absolute Gasteiger partial charge is 0.261 e. The van der Waals surface area contributed by atoms with Crippen LogP contribution < -0.4 is 5.43 Å². The van der Waals surface area contributed by atoms with Crippen molar-refractivity contribution in [3.05, 3.63) is 138 Å². The van der Waals surface area contributed by atoms with Crippen LogP contribution in [0.25, 0.3) is 16.9 Å². The Kier molecular flexibility index (Phi) is 6.58. The third-order valence-corrected chi connectivity index (χ3v) is 5.51. The van der Waals surface area contributed by atoms with Crippen molar-refractivity contribution >= 4 is 17.7 Å². The Labute approximate surface area is 205 Å². The van der Waals surface area contributed by atoms with Gasteiger partial charge in [0.2, 0.25) is 0 Å². The molecule has 35 heavy (non-hydrogen) atoms. The summed E-state index contributed by atoms with van der Waals surface area (Å²) < 4.78 is 1.88. The summed E-state index contributed by atoms with van der Waals surface area (Å²) in [6, 6.07) is 38.3. The first kappa shape index (κ1) is 22.0. The molecule has 1 N–H and O–H groups in total. The Bertz CT molecular complexity index is 1440. The summed E-state index contributed by atoms with van der Waals surface area (Å²) in [6.07, 6.45) is 3.78. The minimum absolute atomic E-state index is 0.669. The number of hydrogen-bond donors (Lipinski definition) is 1. The van der Waals surface area contributed by atoms with Crippen LogP contribution in [-0.4, -0.2) is 21.8 Å². The molecule has 0 fully saturated rings. The van der Waals surface area contributed by atoms with Gasteiger partial charge in [-0.15, -0.1) is 0 Å². The molecule has 1 heterocycles. The van der Waals surface area contributed by atoms with Crippen LogP contribution in [0.5, 0.6) is 0 Å². The van der Waals surface area contributed by atoms with Crippen LogP contribution in [0.1, 0.15) is 16.7 Å². The molecule has 0 aliphatic carbocycles. The molecule has 4 aromatic carbocycles. The number of benzene rings is 4. The molecule has 0 amide bonds. The second kappa shape index (κ2) is 10.4. The molecular formula is C30H25N5. The van der Waals surface area contributed by atoms with Crippen molar-refractivity contribution in [2.75, 3.05) is 0 Å². The van der Waals surface area contributed by atoms with E-state index in [0.29, 0.717) is 5.84 Å². The molecule has 0 spiro atoms. The molecule has 0 aliphatic heterocycles. The maximum absolute atomic E-state index is 4.85. The van der Waals surface area contributed by atoms with Gasteiger partial charge in [-0.25, -0.2) is 9.67 Å². The van der Waals surface area contributed by atoms with Crippen molar-refractivity contribution in [3.8, 4) is 16.9 Å². The molecule has 5 heteroatoms. The standard InChI is InChI=1S/C30H25N5/c1-23-17-19-27(20-18-23)32-30(25-13-7-3-8-14-25)33-31-21-26-22-35(28-15-9-4-10-16-28)34-29(26)24-11-5-2-6-12-24/h2-22H,1H3,(H,32,33)/b31-21+. The Hall–Kier alpha value is -4.77. The summed E-state index contributed by atoms with van der Waals surface area (Å²) in [6.45, 7) is 2.06. The van der Waals surface area contributed by atoms with Gasteiger partial charge in [-0.3, -0.25) is 5.43 Å². The van der Waals surface area contributed by atoms with E-state index in [1.165, 1.54) is 5.56 Å². The Balaban J connectivity index is 1.48. The molecule has 1 aromatic heterocycles. The fourth-order valence-corrected chi connectivity index (χ4v) is 3.68. The molecule has 0 aliphatic rings. The molecule has 170 valence electrons. The van der Waals surface area contributed by atoms with Crippen molar-refractivity contribution in [1.29, 1.82) is 0 Å². The Morgan fingerprint density at radius 1 is 0.771 bits per heavy atom. The lowest BCUT2D eigenvalue weighted by atomic mass is 10.1. The first-order valence-electron chi connectivity index (χ1n) is 11.5. The minimum atomic E-state index is 0.669. The highest BCUT2D eigenvalue weighted by atomic mass is 15.3. The molecule has 0 bridgehead atoms. The van der Waals surface area contributed by atoms with Gasteiger partial charge in [0, 0.05) is 22.9 Å². The normalized spacial score (nSPS) is 11.6. The molecule has 0 unspecified atom stereocenters. The van der Waals surface area contributed by atoms with E-state index in [2.05, 4.69) is 41.7 Å². The lowest BCUT2D eigenvalue weighted by Gasteiger charge is -2.06. The van der Waals surface area contributed by atoms with Crippen molar-refractivity contribution in [2.45, 2.75) is 6.92 Å². The lowest BCUT2D eigenvalue weighted by molar-refractivity contribution is 0.884. The van der Waals surface area contributed by atoms with Gasteiger partial charge >= 0.3 is 0 Å². The third-order valence-electron chi connectivity index (χ3n) is 5.51. The Morgan fingerprint density at radius 2 is 1.40 bits per heavy atom. The van der Waals surface area contributed by atoms with E-state index in [1.807, 2.05) is 102 Å². The van der Waals surface area contributed by atoms with Crippen LogP contribution in [0, 0.1) is 6.92 Å². The fraction of sp³-hybridized carbons (Fsp3) is 0.0333. The molecule has 5 nitrogen and oxygen atoms in total. The second-order valence-corrected chi connectivity index (χ2v) is 8.11. The number of amidine groups is 1. The number of nitrogens with one attached hydrogen (secondary N) is 1. The number of nitrogens with zero attached hydrogens (tertiary/aromatic N) is 4. The SMILES string of the molecule is Cc1ccc(N=C(N/N=C/c2cn(-c3ccccc3)nc2-c2ccccc2)c2ccccc2)cc1. The number of rotatable bonds is 6. The highest BCUT2D eigenvalue weighted by Gasteiger charge is 2.11. The number of hydrogen-bond acceptors (Lipinski definition) is 3. The molecule has 0 saturated carbocycles. The van der Waals surface area contributed by atoms with Gasteiger partial charge in [0.15, 0.2) is 5.84 Å². The minimum Gasteiger partial charge on any atom is -0.261 e. The van der Waals surface area contributed by atoms with E-state index in [4.69, 9.17) is 10.1 Å². The number of hydrazone groups is 1. The van der Waals surface area contributed by atoms with Gasteiger partial charge in [-0.1, -0.05) is 96.6 Å². The van der Waals surface area contributed by atoms with Gasteiger partial charge in [0.25, 0.3) is 0 Å². The summed E-state index contributed by atoms with van der Waals surface area (Å²) in [7, 11) is 0. The van der Waals surface area contributed by atoms with Gasteiger partial charge in [0.1, 0.15) is 5.69 Å². The number of aromatic nitrogens is 2. The summed E-state index contributed by atoms with van der Waals surface area (Å²) in [5.74, 6) is 0.669. The third kappa shape index (κ3) is 5.42. The lowest BCUT2D eigenvalue weighted by Crippen LogP contribution is -2.18. The predicted octanol–water partition coefficient (Wildman–Crippen LogP) is 6.55. The van der Waals surface area contributed by atoms with Gasteiger partial charge < -0.3 is 0 Å². The molecule has 5 rings (SSSR count). The van der Waals surface area contributed by atoms with E-state index in [9.17, 15) is 0 Å². The second-order valence-electron chi connectivity index (χ2n) is 8.11. The molecule has 0 radical (unpaired) electrons. The summed E-state index contributed by atoms with van der Waals surface area (Å²) in [5, 5.41) is 9.42. The maximum atomic E-state index is 4.85. The Morgan fingerprint density at radius 3 is 2.09 bits per heavy atom. The smallest absolute Gasteiger partial charge is 0.154 e. The van der Waals surface area contributed by atoms with Crippen molar-refractivity contribution in [1.82, 2.24) is 15.2 Å². The predicted molar refractivity (Wildman–Crippen MR) is 144 cm³/mol. The van der Waals surface area contributed by atoms with Crippen molar-refractivity contribution < 1.29 is 0 Å². The van der Waals surface area contributed by atoms with Crippen LogP contribution in [0.3, 0.4) is 0 Å². The average molecular weight is 456 g/mol. The number of para-hydroxylation sites is 1. The highest BCUT2D eigenvalue weighted by molar-refractivity contribution is 6.01. The molecule has 0 saturated heterocycles. The summed E-state index contributed by atoms with van der Waals surface area (Å²) in [5.41, 5.74) is 9.94. The monoisotopic (exact) mass is 455 g/mol. The molecular weight excluding hydrogens is 430 g/mol. The molecule has 0 atom stereocenters. The zero-order valence-corrected chi connectivity index (χ0v) is 19.4. The number of aliphatic imine (C=N–C) groups is 1. The van der Waals surface area contributed by atoms with Gasteiger partial charge in [-0.2, -0.15) is 10.2 Å². The first-order valence-corrected chi connectivity index (χ1v) is 11.5. The van der Waals surface area contributed by atoms with E-state index in [1.54, 1.807) is 6.21 Å². The van der Waals surface area contributed by atoms with Crippen molar-refractivity contribution in [2.24, 2.45) is 10.1 Å². The number of aryl methyl sites for hydroxylation is 1. The van der Waals surface area contributed by atoms with Crippen LogP contribution in [0.15, 0.2) is 132 Å². The summed E-state index contributed by atoms with van der Waals surface area (Å²) in [4.78, 5) is 4.81.